The number of carbonyl (C=O) groups excluding carboxylic acids is 3. The lowest BCUT2D eigenvalue weighted by atomic mass is 10.0. The molecule has 11 nitrogen and oxygen atoms in total. The van der Waals surface area contributed by atoms with E-state index in [1.54, 1.807) is 18.3 Å². The number of amides is 3. The van der Waals surface area contributed by atoms with E-state index < -0.39 is 6.04 Å². The van der Waals surface area contributed by atoms with Crippen LogP contribution in [0.2, 0.25) is 0 Å². The van der Waals surface area contributed by atoms with Gasteiger partial charge in [0.25, 0.3) is 11.8 Å². The number of likely N-dealkylation sites (tertiary alicyclic amines) is 1. The highest BCUT2D eigenvalue weighted by atomic mass is 16.5. The largest absolute Gasteiger partial charge is 0.488 e. The van der Waals surface area contributed by atoms with Crippen LogP contribution in [-0.4, -0.2) is 97.2 Å². The van der Waals surface area contributed by atoms with Crippen LogP contribution in [0.5, 0.6) is 11.5 Å². The molecule has 2 aromatic carbocycles. The van der Waals surface area contributed by atoms with Crippen molar-refractivity contribution in [2.45, 2.75) is 25.1 Å². The molecule has 0 saturated carbocycles. The van der Waals surface area contributed by atoms with Crippen LogP contribution in [0.1, 0.15) is 22.3 Å². The van der Waals surface area contributed by atoms with Gasteiger partial charge in [0.15, 0.2) is 6.61 Å². The molecule has 3 amide bonds. The number of carbonyl (C=O) groups is 3. The Hall–Kier alpha value is -4.48. The van der Waals surface area contributed by atoms with Crippen molar-refractivity contribution in [3.8, 4) is 22.6 Å². The molecule has 2 fully saturated rings. The molecule has 4 aliphatic rings. The number of hydrogen-bond acceptors (Lipinski definition) is 8. The predicted molar refractivity (Wildman–Crippen MR) is 158 cm³/mol. The fraction of sp³-hybridized carbons (Fsp3) is 0.375. The van der Waals surface area contributed by atoms with Crippen molar-refractivity contribution in [3.05, 3.63) is 78.1 Å². The lowest BCUT2D eigenvalue weighted by Crippen LogP contribution is -2.59. The second-order valence-corrected chi connectivity index (χ2v) is 11.0. The quantitative estimate of drug-likeness (QED) is 0.468. The maximum Gasteiger partial charge on any atom is 0.258 e. The first-order chi connectivity index (χ1) is 21.0. The summed E-state index contributed by atoms with van der Waals surface area (Å²) >= 11 is 0. The van der Waals surface area contributed by atoms with E-state index in [0.717, 1.165) is 29.8 Å². The van der Waals surface area contributed by atoms with Crippen molar-refractivity contribution in [2.75, 3.05) is 52.5 Å². The van der Waals surface area contributed by atoms with Gasteiger partial charge in [-0.15, -0.1) is 0 Å². The maximum absolute atomic E-state index is 13.6. The molecule has 5 heterocycles. The third-order valence-corrected chi connectivity index (χ3v) is 7.92. The number of pyridine rings is 1. The van der Waals surface area contributed by atoms with E-state index in [4.69, 9.17) is 14.2 Å². The van der Waals surface area contributed by atoms with Crippen molar-refractivity contribution < 1.29 is 28.6 Å². The minimum absolute atomic E-state index is 0.0261. The van der Waals surface area contributed by atoms with Gasteiger partial charge in [0.1, 0.15) is 17.6 Å². The molecule has 2 N–H and O–H groups in total. The van der Waals surface area contributed by atoms with Crippen molar-refractivity contribution in [1.82, 2.24) is 25.4 Å². The zero-order valence-corrected chi connectivity index (χ0v) is 23.9. The average molecular weight is 586 g/mol. The summed E-state index contributed by atoms with van der Waals surface area (Å²) in [6.07, 6.45) is 3.41. The summed E-state index contributed by atoms with van der Waals surface area (Å²) < 4.78 is 17.5. The lowest BCUT2D eigenvalue weighted by Gasteiger charge is -2.39. The molecular weight excluding hydrogens is 550 g/mol. The Morgan fingerprint density at radius 2 is 1.74 bits per heavy atom. The summed E-state index contributed by atoms with van der Waals surface area (Å²) in [5.74, 6) is 0.665. The monoisotopic (exact) mass is 585 g/mol. The second-order valence-electron chi connectivity index (χ2n) is 11.0. The van der Waals surface area contributed by atoms with Gasteiger partial charge in [-0.2, -0.15) is 0 Å². The molecule has 0 radical (unpaired) electrons. The van der Waals surface area contributed by atoms with Gasteiger partial charge < -0.3 is 29.7 Å². The molecule has 1 aromatic heterocycles. The Labute approximate surface area is 250 Å². The third-order valence-electron chi connectivity index (χ3n) is 7.92. The maximum atomic E-state index is 13.6. The minimum atomic E-state index is -0.445. The number of ether oxygens (including phenoxy) is 3. The van der Waals surface area contributed by atoms with Crippen LogP contribution in [0.4, 0.5) is 0 Å². The van der Waals surface area contributed by atoms with Crippen molar-refractivity contribution in [1.29, 1.82) is 0 Å². The molecule has 7 rings (SSSR count). The number of benzene rings is 2. The summed E-state index contributed by atoms with van der Waals surface area (Å²) in [6.45, 7) is 4.10. The molecule has 6 bridgehead atoms. The number of nitrogens with zero attached hydrogens (tertiary/aromatic N) is 3. The average Bonchev–Trinajstić information content (AvgIpc) is 3.04. The van der Waals surface area contributed by atoms with Crippen molar-refractivity contribution in [3.63, 3.8) is 0 Å². The van der Waals surface area contributed by atoms with Gasteiger partial charge in [-0.05, 0) is 41.5 Å². The number of aromatic nitrogens is 1. The highest BCUT2D eigenvalue weighted by Crippen LogP contribution is 2.25. The topological polar surface area (TPSA) is 122 Å². The van der Waals surface area contributed by atoms with Gasteiger partial charge in [0.05, 0.1) is 31.4 Å². The zero-order valence-electron chi connectivity index (χ0n) is 23.9. The van der Waals surface area contributed by atoms with Gasteiger partial charge in [-0.25, -0.2) is 0 Å². The standard InChI is InChI=1S/C32H35N5O6/c38-30-21-42-27-3-1-2-23(15-27)24-14-25(18-33-17-24)32(40)35-28-19-37(31(39)20-36-10-12-41-13-11-36)9-8-29(28)43-26-6-4-22(5-7-26)16-34-30/h1-7,14-15,17-18,28-29H,8-13,16,19-21H2,(H,34,38)(H,35,40)/t28-,29+/m1/s1. The second kappa shape index (κ2) is 13.2. The highest BCUT2D eigenvalue weighted by molar-refractivity contribution is 5.95. The molecule has 2 atom stereocenters. The van der Waals surface area contributed by atoms with Crippen LogP contribution in [0.15, 0.2) is 67.0 Å². The first-order valence-electron chi connectivity index (χ1n) is 14.6. The van der Waals surface area contributed by atoms with E-state index in [9.17, 15) is 14.4 Å². The Bertz CT molecular complexity index is 1460. The van der Waals surface area contributed by atoms with Gasteiger partial charge >= 0.3 is 0 Å². The Balaban J connectivity index is 1.26. The Kier molecular flexibility index (Phi) is 8.80. The SMILES string of the molecule is O=C1COc2cccc(c2)-c2cncc(c2)C(=O)N[C@@H]2CN(C(=O)CN3CCOCC3)CC[C@@H]2Oc2ccc(cc2)CN1. The number of nitrogens with one attached hydrogen (secondary N) is 2. The van der Waals surface area contributed by atoms with Crippen LogP contribution < -0.4 is 20.1 Å². The number of piperidine rings is 1. The first kappa shape index (κ1) is 28.6. The van der Waals surface area contributed by atoms with Gasteiger partial charge in [0.2, 0.25) is 5.91 Å². The Morgan fingerprint density at radius 1 is 0.930 bits per heavy atom. The lowest BCUT2D eigenvalue weighted by molar-refractivity contribution is -0.136. The molecule has 3 aromatic rings. The van der Waals surface area contributed by atoms with E-state index in [2.05, 4.69) is 20.5 Å². The molecule has 4 aliphatic heterocycles. The van der Waals surface area contributed by atoms with E-state index in [1.165, 1.54) is 6.20 Å². The van der Waals surface area contributed by atoms with E-state index in [0.29, 0.717) is 62.9 Å². The third kappa shape index (κ3) is 7.30. The van der Waals surface area contributed by atoms with Crippen molar-refractivity contribution in [2.24, 2.45) is 0 Å². The normalized spacial score (nSPS) is 21.4. The number of hydrogen-bond donors (Lipinski definition) is 2. The predicted octanol–water partition coefficient (Wildman–Crippen LogP) is 1.87. The van der Waals surface area contributed by atoms with Crippen LogP contribution in [0.3, 0.4) is 0 Å². The molecule has 224 valence electrons. The zero-order chi connectivity index (χ0) is 29.6. The van der Waals surface area contributed by atoms with Crippen LogP contribution in [0.25, 0.3) is 11.1 Å². The summed E-state index contributed by atoms with van der Waals surface area (Å²) in [7, 11) is 0. The number of rotatable bonds is 2. The van der Waals surface area contributed by atoms with Crippen LogP contribution in [0, 0.1) is 0 Å². The van der Waals surface area contributed by atoms with E-state index >= 15 is 0 Å². The van der Waals surface area contributed by atoms with Gasteiger partial charge in [-0.1, -0.05) is 24.3 Å². The van der Waals surface area contributed by atoms with Crippen molar-refractivity contribution >= 4 is 17.7 Å². The molecule has 0 spiro atoms. The summed E-state index contributed by atoms with van der Waals surface area (Å²) in [5.41, 5.74) is 2.83. The molecule has 0 unspecified atom stereocenters. The summed E-state index contributed by atoms with van der Waals surface area (Å²) in [5, 5.41) is 6.02. The molecule has 11 heteroatoms. The number of morpholine rings is 1. The fourth-order valence-electron chi connectivity index (χ4n) is 5.49. The first-order valence-corrected chi connectivity index (χ1v) is 14.6. The minimum Gasteiger partial charge on any atom is -0.488 e. The van der Waals surface area contributed by atoms with E-state index in [-0.39, 0.29) is 30.4 Å². The Morgan fingerprint density at radius 3 is 2.58 bits per heavy atom. The van der Waals surface area contributed by atoms with Gasteiger partial charge in [-0.3, -0.25) is 24.3 Å². The molecule has 2 saturated heterocycles. The summed E-state index contributed by atoms with van der Waals surface area (Å²) in [6, 6.07) is 16.1. The highest BCUT2D eigenvalue weighted by Gasteiger charge is 2.35. The van der Waals surface area contributed by atoms with Crippen LogP contribution in [-0.2, 0) is 20.9 Å². The fourth-order valence-corrected chi connectivity index (χ4v) is 5.49. The molecular formula is C32H35N5O6. The molecule has 43 heavy (non-hydrogen) atoms. The number of fused-ring (bicyclic) bond motifs is 7. The van der Waals surface area contributed by atoms with Gasteiger partial charge in [0, 0.05) is 57.1 Å². The summed E-state index contributed by atoms with van der Waals surface area (Å²) in [4.78, 5) is 47.5. The van der Waals surface area contributed by atoms with E-state index in [1.807, 2.05) is 47.4 Å². The molecule has 0 aliphatic carbocycles. The van der Waals surface area contributed by atoms with Crippen LogP contribution >= 0.6 is 0 Å². The smallest absolute Gasteiger partial charge is 0.258 e.